The number of carbonyl (C=O) groups is 3. The van der Waals surface area contributed by atoms with Gasteiger partial charge in [0.1, 0.15) is 0 Å². The fourth-order valence-electron chi connectivity index (χ4n) is 2.08. The van der Waals surface area contributed by atoms with Crippen LogP contribution in [0, 0.1) is 0 Å². The van der Waals surface area contributed by atoms with Gasteiger partial charge in [0, 0.05) is 11.8 Å². The van der Waals surface area contributed by atoms with Gasteiger partial charge in [0.05, 0.1) is 31.2 Å². The number of carbonyl (C=O) groups excluding carboxylic acids is 3. The Balaban J connectivity index is 1.94. The van der Waals surface area contributed by atoms with Gasteiger partial charge in [0.25, 0.3) is 0 Å². The molecule has 7 nitrogen and oxygen atoms in total. The summed E-state index contributed by atoms with van der Waals surface area (Å²) in [5, 5.41) is 2.66. The van der Waals surface area contributed by atoms with Crippen LogP contribution in [0.3, 0.4) is 0 Å². The van der Waals surface area contributed by atoms with Crippen LogP contribution in [0.2, 0.25) is 0 Å². The van der Waals surface area contributed by atoms with Crippen LogP contribution in [0.15, 0.2) is 30.3 Å². The highest BCUT2D eigenvalue weighted by Gasteiger charge is 2.15. The lowest BCUT2D eigenvalue weighted by atomic mass is 10.2. The fourth-order valence-corrected chi connectivity index (χ4v) is 2.95. The number of amides is 1. The molecular weight excluding hydrogens is 358 g/mol. The standard InChI is InChI=1S/C18H19NO6S/c1-11(20)19-9-13-5-7-17(26-13)14(21)10-25-18(22)12-4-6-15(23-2)16(8-12)24-3/h4-8H,9-10H2,1-3H3,(H,19,20). The van der Waals surface area contributed by atoms with Gasteiger partial charge in [0.2, 0.25) is 11.7 Å². The molecule has 1 aromatic carbocycles. The number of hydrogen-bond acceptors (Lipinski definition) is 7. The van der Waals surface area contributed by atoms with Crippen molar-refractivity contribution in [2.45, 2.75) is 13.5 Å². The maximum Gasteiger partial charge on any atom is 0.338 e. The predicted molar refractivity (Wildman–Crippen MR) is 96.0 cm³/mol. The second-order valence-electron chi connectivity index (χ2n) is 5.24. The molecule has 0 saturated heterocycles. The Morgan fingerprint density at radius 1 is 1.04 bits per heavy atom. The third kappa shape index (κ3) is 5.06. The molecule has 0 fully saturated rings. The highest BCUT2D eigenvalue weighted by molar-refractivity contribution is 7.14. The molecule has 0 radical (unpaired) electrons. The summed E-state index contributed by atoms with van der Waals surface area (Å²) in [6, 6.07) is 8.01. The van der Waals surface area contributed by atoms with Crippen molar-refractivity contribution in [3.05, 3.63) is 45.6 Å². The minimum absolute atomic E-state index is 0.143. The van der Waals surface area contributed by atoms with E-state index >= 15 is 0 Å². The first-order chi connectivity index (χ1) is 12.4. The molecular formula is C18H19NO6S. The number of thiophene rings is 1. The fraction of sp³-hybridized carbons (Fsp3) is 0.278. The number of esters is 1. The predicted octanol–water partition coefficient (Wildman–Crippen LogP) is 2.44. The zero-order chi connectivity index (χ0) is 19.1. The molecule has 1 aromatic heterocycles. The summed E-state index contributed by atoms with van der Waals surface area (Å²) < 4.78 is 15.3. The van der Waals surface area contributed by atoms with Crippen LogP contribution in [0.25, 0.3) is 0 Å². The van der Waals surface area contributed by atoms with E-state index in [4.69, 9.17) is 14.2 Å². The van der Waals surface area contributed by atoms with Gasteiger partial charge in [-0.3, -0.25) is 9.59 Å². The van der Waals surface area contributed by atoms with Crippen LogP contribution in [-0.4, -0.2) is 38.5 Å². The Morgan fingerprint density at radius 3 is 2.42 bits per heavy atom. The Kier molecular flexibility index (Phi) is 6.74. The highest BCUT2D eigenvalue weighted by Crippen LogP contribution is 2.27. The number of methoxy groups -OCH3 is 2. The van der Waals surface area contributed by atoms with Gasteiger partial charge in [-0.05, 0) is 30.3 Å². The molecule has 0 unspecified atom stereocenters. The number of hydrogen-bond donors (Lipinski definition) is 1. The summed E-state index contributed by atoms with van der Waals surface area (Å²) in [4.78, 5) is 36.5. The molecule has 0 aliphatic carbocycles. The quantitative estimate of drug-likeness (QED) is 0.561. The van der Waals surface area contributed by atoms with E-state index in [-0.39, 0.29) is 23.9 Å². The molecule has 2 aromatic rings. The van der Waals surface area contributed by atoms with Crippen LogP contribution in [-0.2, 0) is 16.1 Å². The van der Waals surface area contributed by atoms with E-state index in [2.05, 4.69) is 5.32 Å². The van der Waals surface area contributed by atoms with E-state index in [1.165, 1.54) is 44.6 Å². The number of ketones is 1. The van der Waals surface area contributed by atoms with Gasteiger partial charge in [0.15, 0.2) is 18.1 Å². The topological polar surface area (TPSA) is 90.9 Å². The van der Waals surface area contributed by atoms with Crippen molar-refractivity contribution in [1.29, 1.82) is 0 Å². The molecule has 0 aliphatic heterocycles. The van der Waals surface area contributed by atoms with Crippen molar-refractivity contribution in [3.8, 4) is 11.5 Å². The highest BCUT2D eigenvalue weighted by atomic mass is 32.1. The van der Waals surface area contributed by atoms with E-state index < -0.39 is 5.97 Å². The van der Waals surface area contributed by atoms with Gasteiger partial charge in [-0.2, -0.15) is 0 Å². The van der Waals surface area contributed by atoms with Crippen LogP contribution in [0.4, 0.5) is 0 Å². The Bertz CT molecular complexity index is 814. The minimum Gasteiger partial charge on any atom is -0.493 e. The van der Waals surface area contributed by atoms with E-state index in [0.717, 1.165) is 4.88 Å². The average molecular weight is 377 g/mol. The van der Waals surface area contributed by atoms with Crippen molar-refractivity contribution in [2.24, 2.45) is 0 Å². The van der Waals surface area contributed by atoms with Crippen molar-refractivity contribution in [3.63, 3.8) is 0 Å². The minimum atomic E-state index is -0.630. The monoisotopic (exact) mass is 377 g/mol. The third-order valence-corrected chi connectivity index (χ3v) is 4.53. The molecule has 0 bridgehead atoms. The molecule has 8 heteroatoms. The van der Waals surface area contributed by atoms with Crippen LogP contribution < -0.4 is 14.8 Å². The molecule has 0 saturated carbocycles. The number of ether oxygens (including phenoxy) is 3. The zero-order valence-corrected chi connectivity index (χ0v) is 15.5. The van der Waals surface area contributed by atoms with Crippen molar-refractivity contribution >= 4 is 29.0 Å². The van der Waals surface area contributed by atoms with E-state index in [1.54, 1.807) is 18.2 Å². The van der Waals surface area contributed by atoms with Crippen molar-refractivity contribution < 1.29 is 28.6 Å². The summed E-state index contributed by atoms with van der Waals surface area (Å²) in [5.74, 6) is -0.193. The average Bonchev–Trinajstić information content (AvgIpc) is 3.12. The number of Topliss-reactive ketones (excluding diaryl/α,β-unsaturated/α-hetero) is 1. The Labute approximate surface area is 154 Å². The van der Waals surface area contributed by atoms with Gasteiger partial charge in [-0.1, -0.05) is 0 Å². The third-order valence-electron chi connectivity index (χ3n) is 3.40. The first-order valence-corrected chi connectivity index (χ1v) is 8.51. The van der Waals surface area contributed by atoms with Gasteiger partial charge in [-0.25, -0.2) is 4.79 Å². The number of nitrogens with one attached hydrogen (secondary N) is 1. The van der Waals surface area contributed by atoms with E-state index in [9.17, 15) is 14.4 Å². The largest absolute Gasteiger partial charge is 0.493 e. The summed E-state index contributed by atoms with van der Waals surface area (Å²) in [7, 11) is 2.96. The first kappa shape index (κ1) is 19.5. The lowest BCUT2D eigenvalue weighted by Crippen LogP contribution is -2.18. The SMILES string of the molecule is COc1ccc(C(=O)OCC(=O)c2ccc(CNC(C)=O)s2)cc1OC. The van der Waals surface area contributed by atoms with Crippen molar-refractivity contribution in [2.75, 3.05) is 20.8 Å². The molecule has 0 aliphatic rings. The van der Waals surface area contributed by atoms with Crippen LogP contribution in [0.5, 0.6) is 11.5 Å². The maximum absolute atomic E-state index is 12.2. The van der Waals surface area contributed by atoms with Gasteiger partial charge in [-0.15, -0.1) is 11.3 Å². The molecule has 26 heavy (non-hydrogen) atoms. The normalized spacial score (nSPS) is 10.1. The summed E-state index contributed by atoms with van der Waals surface area (Å²) in [5.41, 5.74) is 0.257. The molecule has 0 atom stereocenters. The van der Waals surface area contributed by atoms with E-state index in [0.29, 0.717) is 22.9 Å². The molecule has 2 rings (SSSR count). The Morgan fingerprint density at radius 2 is 1.77 bits per heavy atom. The molecule has 1 amide bonds. The summed E-state index contributed by atoms with van der Waals surface area (Å²) in [6.07, 6.45) is 0. The van der Waals surface area contributed by atoms with Crippen LogP contribution >= 0.6 is 11.3 Å². The van der Waals surface area contributed by atoms with E-state index in [1.807, 2.05) is 0 Å². The number of benzene rings is 1. The van der Waals surface area contributed by atoms with Crippen molar-refractivity contribution in [1.82, 2.24) is 5.32 Å². The van der Waals surface area contributed by atoms with Crippen LogP contribution in [0.1, 0.15) is 31.8 Å². The maximum atomic E-state index is 12.2. The molecule has 138 valence electrons. The molecule has 1 N–H and O–H groups in total. The molecule has 1 heterocycles. The molecule has 0 spiro atoms. The first-order valence-electron chi connectivity index (χ1n) is 7.70. The second kappa shape index (κ2) is 9.00. The Hall–Kier alpha value is -2.87. The lowest BCUT2D eigenvalue weighted by Gasteiger charge is -2.09. The van der Waals surface area contributed by atoms with Gasteiger partial charge >= 0.3 is 5.97 Å². The zero-order valence-electron chi connectivity index (χ0n) is 14.7. The van der Waals surface area contributed by atoms with Gasteiger partial charge < -0.3 is 19.5 Å². The lowest BCUT2D eigenvalue weighted by molar-refractivity contribution is -0.119. The number of rotatable bonds is 8. The summed E-state index contributed by atoms with van der Waals surface area (Å²) in [6.45, 7) is 1.42. The smallest absolute Gasteiger partial charge is 0.338 e. The summed E-state index contributed by atoms with van der Waals surface area (Å²) >= 11 is 1.25. The second-order valence-corrected chi connectivity index (χ2v) is 6.41.